The lowest BCUT2D eigenvalue weighted by molar-refractivity contribution is -0.137. The van der Waals surface area contributed by atoms with Crippen LogP contribution in [-0.4, -0.2) is 28.7 Å². The number of hydrogen-bond acceptors (Lipinski definition) is 3. The summed E-state index contributed by atoms with van der Waals surface area (Å²) in [6, 6.07) is 10.9. The fraction of sp³-hybridized carbons (Fsp3) is 0.562. The highest BCUT2D eigenvalue weighted by molar-refractivity contribution is 5.66. The Morgan fingerprint density at radius 3 is 2.50 bits per heavy atom. The number of hydrazine groups is 1. The first kappa shape index (κ1) is 15.0. The predicted octanol–water partition coefficient (Wildman–Crippen LogP) is 2.54. The van der Waals surface area contributed by atoms with Gasteiger partial charge in [-0.05, 0) is 36.7 Å². The second kappa shape index (κ2) is 6.37. The van der Waals surface area contributed by atoms with Crippen LogP contribution in [0.25, 0.3) is 0 Å². The van der Waals surface area contributed by atoms with Crippen molar-refractivity contribution in [3.05, 3.63) is 35.9 Å². The average Bonchev–Trinajstić information content (AvgIpc) is 2.46. The molecule has 1 fully saturated rings. The number of carbonyl (C=O) groups is 1. The Labute approximate surface area is 120 Å². The van der Waals surface area contributed by atoms with Crippen LogP contribution in [0.3, 0.4) is 0 Å². The third-order valence-corrected chi connectivity index (χ3v) is 4.58. The molecule has 0 radical (unpaired) electrons. The van der Waals surface area contributed by atoms with Gasteiger partial charge in [0.1, 0.15) is 0 Å². The highest BCUT2D eigenvalue weighted by atomic mass is 16.4. The fourth-order valence-electron chi connectivity index (χ4n) is 3.11. The summed E-state index contributed by atoms with van der Waals surface area (Å²) in [4.78, 5) is 10.6. The number of nitrogens with zero attached hydrogens (tertiary/aromatic N) is 1. The smallest absolute Gasteiger partial charge is 0.304 e. The van der Waals surface area contributed by atoms with Crippen LogP contribution in [0.2, 0.25) is 0 Å². The van der Waals surface area contributed by atoms with Crippen molar-refractivity contribution in [1.82, 2.24) is 5.01 Å². The van der Waals surface area contributed by atoms with E-state index in [4.69, 9.17) is 10.9 Å². The van der Waals surface area contributed by atoms with Crippen LogP contribution < -0.4 is 5.84 Å². The summed E-state index contributed by atoms with van der Waals surface area (Å²) >= 11 is 0. The molecule has 0 bridgehead atoms. The predicted molar refractivity (Wildman–Crippen MR) is 79.2 cm³/mol. The van der Waals surface area contributed by atoms with Crippen LogP contribution in [0.15, 0.2) is 30.3 Å². The summed E-state index contributed by atoms with van der Waals surface area (Å²) in [5.74, 6) is 5.21. The maximum absolute atomic E-state index is 10.6. The molecular formula is C16H24N2O2. The van der Waals surface area contributed by atoms with E-state index in [0.29, 0.717) is 12.6 Å². The maximum Gasteiger partial charge on any atom is 0.304 e. The van der Waals surface area contributed by atoms with Gasteiger partial charge in [0.05, 0.1) is 6.42 Å². The van der Waals surface area contributed by atoms with Gasteiger partial charge in [0.15, 0.2) is 0 Å². The number of rotatable bonds is 5. The average molecular weight is 276 g/mol. The van der Waals surface area contributed by atoms with Gasteiger partial charge >= 0.3 is 5.97 Å². The first-order chi connectivity index (χ1) is 9.51. The Bertz CT molecular complexity index is 439. The van der Waals surface area contributed by atoms with Gasteiger partial charge < -0.3 is 5.11 Å². The number of carboxylic acid groups (broad SMARTS) is 1. The van der Waals surface area contributed by atoms with Crippen molar-refractivity contribution >= 4 is 5.97 Å². The first-order valence-corrected chi connectivity index (χ1v) is 7.30. The first-order valence-electron chi connectivity index (χ1n) is 7.30. The Morgan fingerprint density at radius 2 is 1.95 bits per heavy atom. The lowest BCUT2D eigenvalue weighted by atomic mass is 9.69. The molecule has 2 rings (SSSR count). The summed E-state index contributed by atoms with van der Waals surface area (Å²) in [6.07, 6.45) is 4.37. The van der Waals surface area contributed by atoms with E-state index in [9.17, 15) is 4.79 Å². The SMILES string of the molecule is CC1(c2ccccc2)CCC(N(N)CCC(=O)O)CC1. The van der Waals surface area contributed by atoms with Crippen LogP contribution >= 0.6 is 0 Å². The van der Waals surface area contributed by atoms with Crippen LogP contribution in [0.4, 0.5) is 0 Å². The summed E-state index contributed by atoms with van der Waals surface area (Å²) in [5, 5.41) is 10.4. The molecule has 0 atom stereocenters. The molecule has 4 nitrogen and oxygen atoms in total. The van der Waals surface area contributed by atoms with E-state index in [1.165, 1.54) is 5.56 Å². The largest absolute Gasteiger partial charge is 0.481 e. The third kappa shape index (κ3) is 3.58. The van der Waals surface area contributed by atoms with Crippen molar-refractivity contribution in [3.63, 3.8) is 0 Å². The van der Waals surface area contributed by atoms with Gasteiger partial charge in [-0.15, -0.1) is 0 Å². The van der Waals surface area contributed by atoms with E-state index >= 15 is 0 Å². The Hall–Kier alpha value is -1.39. The summed E-state index contributed by atoms with van der Waals surface area (Å²) in [6.45, 7) is 2.75. The van der Waals surface area contributed by atoms with Gasteiger partial charge in [-0.1, -0.05) is 37.3 Å². The molecular weight excluding hydrogens is 252 g/mol. The van der Waals surface area contributed by atoms with Gasteiger partial charge in [0, 0.05) is 12.6 Å². The zero-order valence-corrected chi connectivity index (χ0v) is 12.1. The molecule has 0 spiro atoms. The zero-order chi connectivity index (χ0) is 14.6. The molecule has 0 amide bonds. The second-order valence-corrected chi connectivity index (χ2v) is 6.04. The molecule has 0 heterocycles. The van der Waals surface area contributed by atoms with Crippen molar-refractivity contribution in [3.8, 4) is 0 Å². The van der Waals surface area contributed by atoms with Crippen molar-refractivity contribution in [2.45, 2.75) is 50.5 Å². The second-order valence-electron chi connectivity index (χ2n) is 6.04. The molecule has 0 saturated heterocycles. The minimum absolute atomic E-state index is 0.114. The Balaban J connectivity index is 1.90. The van der Waals surface area contributed by atoms with Gasteiger partial charge in [0.25, 0.3) is 0 Å². The topological polar surface area (TPSA) is 66.6 Å². The van der Waals surface area contributed by atoms with Gasteiger partial charge in [-0.25, -0.2) is 5.01 Å². The molecule has 1 saturated carbocycles. The third-order valence-electron chi connectivity index (χ3n) is 4.58. The van der Waals surface area contributed by atoms with E-state index < -0.39 is 5.97 Å². The zero-order valence-electron chi connectivity index (χ0n) is 12.1. The van der Waals surface area contributed by atoms with Crippen molar-refractivity contribution in [1.29, 1.82) is 0 Å². The number of carboxylic acids is 1. The monoisotopic (exact) mass is 276 g/mol. The number of hydrogen-bond donors (Lipinski definition) is 2. The molecule has 0 aromatic heterocycles. The number of nitrogens with two attached hydrogens (primary N) is 1. The number of benzene rings is 1. The van der Waals surface area contributed by atoms with E-state index in [0.717, 1.165) is 25.7 Å². The lowest BCUT2D eigenvalue weighted by Gasteiger charge is -2.40. The molecule has 1 aromatic carbocycles. The maximum atomic E-state index is 10.6. The van der Waals surface area contributed by atoms with Gasteiger partial charge in [-0.3, -0.25) is 10.6 Å². The lowest BCUT2D eigenvalue weighted by Crippen LogP contribution is -2.46. The van der Waals surface area contributed by atoms with E-state index in [-0.39, 0.29) is 11.8 Å². The quantitative estimate of drug-likeness (QED) is 0.640. The standard InChI is InChI=1S/C16H24N2O2/c1-16(13-5-3-2-4-6-13)10-7-14(8-11-16)18(17)12-9-15(19)20/h2-6,14H,7-12,17H2,1H3,(H,19,20). The molecule has 4 heteroatoms. The highest BCUT2D eigenvalue weighted by Gasteiger charge is 2.33. The molecule has 110 valence electrons. The molecule has 0 unspecified atom stereocenters. The minimum atomic E-state index is -0.787. The summed E-state index contributed by atoms with van der Waals surface area (Å²) in [5.41, 5.74) is 1.62. The molecule has 0 aliphatic heterocycles. The molecule has 1 aliphatic rings. The highest BCUT2D eigenvalue weighted by Crippen LogP contribution is 2.39. The van der Waals surface area contributed by atoms with E-state index in [1.807, 2.05) is 6.07 Å². The molecule has 3 N–H and O–H groups in total. The van der Waals surface area contributed by atoms with Gasteiger partial charge in [0.2, 0.25) is 0 Å². The molecule has 1 aromatic rings. The van der Waals surface area contributed by atoms with Crippen LogP contribution in [0.5, 0.6) is 0 Å². The van der Waals surface area contributed by atoms with Crippen LogP contribution in [-0.2, 0) is 10.2 Å². The number of aliphatic carboxylic acids is 1. The van der Waals surface area contributed by atoms with Crippen molar-refractivity contribution < 1.29 is 9.90 Å². The van der Waals surface area contributed by atoms with Crippen molar-refractivity contribution in [2.24, 2.45) is 5.84 Å². The summed E-state index contributed by atoms with van der Waals surface area (Å²) < 4.78 is 0. The van der Waals surface area contributed by atoms with E-state index in [1.54, 1.807) is 5.01 Å². The fourth-order valence-corrected chi connectivity index (χ4v) is 3.11. The minimum Gasteiger partial charge on any atom is -0.481 e. The normalized spacial score (nSPS) is 26.6. The van der Waals surface area contributed by atoms with Crippen LogP contribution in [0.1, 0.15) is 44.6 Å². The Morgan fingerprint density at radius 1 is 1.35 bits per heavy atom. The van der Waals surface area contributed by atoms with Gasteiger partial charge in [-0.2, -0.15) is 0 Å². The van der Waals surface area contributed by atoms with Crippen molar-refractivity contribution in [2.75, 3.05) is 6.54 Å². The molecule has 1 aliphatic carbocycles. The Kier molecular flexibility index (Phi) is 4.78. The molecule has 20 heavy (non-hydrogen) atoms. The summed E-state index contributed by atoms with van der Waals surface area (Å²) in [7, 11) is 0. The van der Waals surface area contributed by atoms with E-state index in [2.05, 4.69) is 31.2 Å². The van der Waals surface area contributed by atoms with Crippen LogP contribution in [0, 0.1) is 0 Å².